The number of aromatic amines is 1. The van der Waals surface area contributed by atoms with Gasteiger partial charge in [-0.25, -0.2) is 0 Å². The van der Waals surface area contributed by atoms with E-state index in [1.807, 2.05) is 0 Å². The number of rotatable bonds is 3. The van der Waals surface area contributed by atoms with Gasteiger partial charge in [0.05, 0.1) is 12.0 Å². The number of halogens is 2. The maximum absolute atomic E-state index is 12.8. The first-order valence-electron chi connectivity index (χ1n) is 9.24. The first-order chi connectivity index (χ1) is 14.4. The molecule has 0 unspecified atom stereocenters. The zero-order valence-electron chi connectivity index (χ0n) is 15.7. The van der Waals surface area contributed by atoms with E-state index in [2.05, 4.69) is 4.98 Å². The van der Waals surface area contributed by atoms with E-state index in [0.29, 0.717) is 53.2 Å². The molecule has 1 aliphatic rings. The third-order valence-corrected chi connectivity index (χ3v) is 5.33. The molecule has 0 aliphatic carbocycles. The van der Waals surface area contributed by atoms with E-state index < -0.39 is 5.56 Å². The number of piperazine rings is 1. The molecule has 1 aliphatic heterocycles. The normalized spacial score (nSPS) is 14.1. The molecule has 1 saturated heterocycles. The lowest BCUT2D eigenvalue weighted by atomic mass is 10.1. The molecule has 0 atom stereocenters. The molecule has 2 aromatic heterocycles. The Morgan fingerprint density at radius 2 is 1.53 bits per heavy atom. The van der Waals surface area contributed by atoms with Crippen LogP contribution in [0, 0.1) is 0 Å². The first kappa shape index (κ1) is 20.3. The summed E-state index contributed by atoms with van der Waals surface area (Å²) in [6.07, 6.45) is 1.50. The van der Waals surface area contributed by atoms with Gasteiger partial charge in [0.15, 0.2) is 0 Å². The van der Waals surface area contributed by atoms with Gasteiger partial charge in [-0.1, -0.05) is 23.2 Å². The Morgan fingerprint density at radius 3 is 2.10 bits per heavy atom. The molecule has 1 aromatic carbocycles. The highest BCUT2D eigenvalue weighted by atomic mass is 35.5. The Hall–Kier alpha value is -3.03. The second-order valence-electron chi connectivity index (χ2n) is 6.83. The lowest BCUT2D eigenvalue weighted by Crippen LogP contribution is -2.51. The molecule has 0 saturated carbocycles. The van der Waals surface area contributed by atoms with E-state index in [9.17, 15) is 14.4 Å². The van der Waals surface area contributed by atoms with Crippen LogP contribution in [0.1, 0.15) is 20.7 Å². The topological polar surface area (TPSA) is 86.6 Å². The quantitative estimate of drug-likeness (QED) is 0.667. The number of carbonyl (C=O) groups is 2. The molecule has 3 aromatic rings. The summed E-state index contributed by atoms with van der Waals surface area (Å²) in [6, 6.07) is 11.2. The van der Waals surface area contributed by atoms with Crippen LogP contribution in [0.5, 0.6) is 0 Å². The van der Waals surface area contributed by atoms with Crippen molar-refractivity contribution < 1.29 is 14.0 Å². The number of nitrogens with one attached hydrogen (secondary N) is 1. The van der Waals surface area contributed by atoms with Crippen molar-refractivity contribution >= 4 is 35.0 Å². The SMILES string of the molecule is O=C(c1cc(Cl)cc(Cl)c1)N1CCN(C(=O)c2ccc(-c3ccco3)[nH]c2=O)CC1. The molecule has 0 radical (unpaired) electrons. The number of amides is 2. The molecule has 154 valence electrons. The van der Waals surface area contributed by atoms with E-state index in [1.54, 1.807) is 46.2 Å². The van der Waals surface area contributed by atoms with Crippen LogP contribution in [0.4, 0.5) is 0 Å². The van der Waals surface area contributed by atoms with Crippen LogP contribution >= 0.6 is 23.2 Å². The van der Waals surface area contributed by atoms with Gasteiger partial charge in [-0.15, -0.1) is 0 Å². The van der Waals surface area contributed by atoms with Gasteiger partial charge in [0.1, 0.15) is 11.3 Å². The second kappa shape index (κ2) is 8.38. The summed E-state index contributed by atoms with van der Waals surface area (Å²) in [5, 5.41) is 0.772. The van der Waals surface area contributed by atoms with Crippen molar-refractivity contribution in [1.82, 2.24) is 14.8 Å². The van der Waals surface area contributed by atoms with Crippen LogP contribution < -0.4 is 5.56 Å². The Bertz CT molecular complexity index is 1130. The van der Waals surface area contributed by atoms with Gasteiger partial charge < -0.3 is 19.2 Å². The van der Waals surface area contributed by atoms with Crippen molar-refractivity contribution in [1.29, 1.82) is 0 Å². The molecular formula is C21H17Cl2N3O4. The number of pyridine rings is 1. The Labute approximate surface area is 181 Å². The highest BCUT2D eigenvalue weighted by Crippen LogP contribution is 2.21. The molecule has 3 heterocycles. The zero-order chi connectivity index (χ0) is 21.3. The largest absolute Gasteiger partial charge is 0.463 e. The summed E-state index contributed by atoms with van der Waals surface area (Å²) in [6.45, 7) is 1.32. The standard InChI is InChI=1S/C21H17Cl2N3O4/c22-14-10-13(11-15(23)12-14)20(28)25-5-7-26(8-6-25)21(29)16-3-4-17(24-19(16)27)18-2-1-9-30-18/h1-4,9-12H,5-8H2,(H,24,27). The van der Waals surface area contributed by atoms with E-state index in [4.69, 9.17) is 27.6 Å². The third-order valence-electron chi connectivity index (χ3n) is 4.89. The zero-order valence-corrected chi connectivity index (χ0v) is 17.2. The summed E-state index contributed by atoms with van der Waals surface area (Å²) in [4.78, 5) is 43.8. The van der Waals surface area contributed by atoms with E-state index in [0.717, 1.165) is 0 Å². The van der Waals surface area contributed by atoms with Crippen LogP contribution in [0.15, 0.2) is 57.9 Å². The van der Waals surface area contributed by atoms with Gasteiger partial charge in [-0.2, -0.15) is 0 Å². The van der Waals surface area contributed by atoms with Crippen LogP contribution in [0.25, 0.3) is 11.5 Å². The molecule has 1 fully saturated rings. The van der Waals surface area contributed by atoms with Gasteiger partial charge in [0.2, 0.25) is 0 Å². The fourth-order valence-corrected chi connectivity index (χ4v) is 3.89. The fraction of sp³-hybridized carbons (Fsp3) is 0.190. The number of H-pyrrole nitrogens is 1. The summed E-state index contributed by atoms with van der Waals surface area (Å²) < 4.78 is 5.26. The molecule has 2 amide bonds. The van der Waals surface area contributed by atoms with E-state index in [1.165, 1.54) is 12.3 Å². The molecule has 4 rings (SSSR count). The van der Waals surface area contributed by atoms with Gasteiger partial charge >= 0.3 is 0 Å². The summed E-state index contributed by atoms with van der Waals surface area (Å²) in [5.41, 5.74) is 0.460. The van der Waals surface area contributed by atoms with Crippen LogP contribution in [-0.4, -0.2) is 52.8 Å². The van der Waals surface area contributed by atoms with Crippen molar-refractivity contribution in [2.75, 3.05) is 26.2 Å². The Morgan fingerprint density at radius 1 is 0.900 bits per heavy atom. The van der Waals surface area contributed by atoms with Crippen molar-refractivity contribution in [2.24, 2.45) is 0 Å². The van der Waals surface area contributed by atoms with Crippen molar-refractivity contribution in [2.45, 2.75) is 0 Å². The summed E-state index contributed by atoms with van der Waals surface area (Å²) >= 11 is 12.0. The van der Waals surface area contributed by atoms with Crippen LogP contribution in [0.2, 0.25) is 10.0 Å². The average molecular weight is 446 g/mol. The molecule has 0 bridgehead atoms. The van der Waals surface area contributed by atoms with Crippen molar-refractivity contribution in [3.63, 3.8) is 0 Å². The number of hydrogen-bond donors (Lipinski definition) is 1. The van der Waals surface area contributed by atoms with Crippen LogP contribution in [-0.2, 0) is 0 Å². The number of hydrogen-bond acceptors (Lipinski definition) is 4. The molecule has 30 heavy (non-hydrogen) atoms. The lowest BCUT2D eigenvalue weighted by molar-refractivity contribution is 0.0534. The lowest BCUT2D eigenvalue weighted by Gasteiger charge is -2.34. The van der Waals surface area contributed by atoms with Gasteiger partial charge in [0.25, 0.3) is 17.4 Å². The molecule has 1 N–H and O–H groups in total. The smallest absolute Gasteiger partial charge is 0.261 e. The monoisotopic (exact) mass is 445 g/mol. The second-order valence-corrected chi connectivity index (χ2v) is 7.71. The number of carbonyl (C=O) groups excluding carboxylic acids is 2. The molecule has 9 heteroatoms. The number of aromatic nitrogens is 1. The maximum atomic E-state index is 12.8. The van der Waals surface area contributed by atoms with Gasteiger partial charge in [0, 0.05) is 41.8 Å². The van der Waals surface area contributed by atoms with Gasteiger partial charge in [-0.3, -0.25) is 14.4 Å². The minimum atomic E-state index is -0.485. The molecule has 0 spiro atoms. The minimum absolute atomic E-state index is 0.0479. The minimum Gasteiger partial charge on any atom is -0.463 e. The maximum Gasteiger partial charge on any atom is 0.261 e. The summed E-state index contributed by atoms with van der Waals surface area (Å²) in [7, 11) is 0. The van der Waals surface area contributed by atoms with Gasteiger partial charge in [-0.05, 0) is 42.5 Å². The van der Waals surface area contributed by atoms with Crippen molar-refractivity contribution in [3.05, 3.63) is 80.3 Å². The number of benzene rings is 1. The first-order valence-corrected chi connectivity index (χ1v) is 10.00. The van der Waals surface area contributed by atoms with Crippen LogP contribution in [0.3, 0.4) is 0 Å². The average Bonchev–Trinajstić information content (AvgIpc) is 3.27. The number of nitrogens with zero attached hydrogens (tertiary/aromatic N) is 2. The third kappa shape index (κ3) is 4.13. The van der Waals surface area contributed by atoms with E-state index >= 15 is 0 Å². The predicted molar refractivity (Wildman–Crippen MR) is 113 cm³/mol. The Kier molecular flexibility index (Phi) is 5.65. The highest BCUT2D eigenvalue weighted by molar-refractivity contribution is 6.35. The molecular weight excluding hydrogens is 429 g/mol. The predicted octanol–water partition coefficient (Wildman–Crippen LogP) is 3.54. The fourth-order valence-electron chi connectivity index (χ4n) is 3.36. The number of furan rings is 1. The Balaban J connectivity index is 1.43. The van der Waals surface area contributed by atoms with E-state index in [-0.39, 0.29) is 17.4 Å². The van der Waals surface area contributed by atoms with Crippen molar-refractivity contribution in [3.8, 4) is 11.5 Å². The highest BCUT2D eigenvalue weighted by Gasteiger charge is 2.27. The molecule has 7 nitrogen and oxygen atoms in total. The summed E-state index contributed by atoms with van der Waals surface area (Å²) in [5.74, 6) is -0.0633.